The van der Waals surface area contributed by atoms with E-state index < -0.39 is 0 Å². The Bertz CT molecular complexity index is 370. The van der Waals surface area contributed by atoms with Crippen LogP contribution in [0, 0.1) is 11.8 Å². The van der Waals surface area contributed by atoms with E-state index >= 15 is 0 Å². The van der Waals surface area contributed by atoms with Gasteiger partial charge in [-0.3, -0.25) is 9.59 Å². The highest BCUT2D eigenvalue weighted by atomic mass is 16.5. The molecule has 0 spiro atoms. The second-order valence-corrected chi connectivity index (χ2v) is 5.53. The summed E-state index contributed by atoms with van der Waals surface area (Å²) in [7, 11) is 1.37. The average molecular weight is 265 g/mol. The number of nitrogens with one attached hydrogen (secondary N) is 1. The first-order valence-corrected chi connectivity index (χ1v) is 7.28. The number of ether oxygens (including phenoxy) is 1. The highest BCUT2D eigenvalue weighted by molar-refractivity contribution is 5.99. The Morgan fingerprint density at radius 2 is 2.00 bits per heavy atom. The van der Waals surface area contributed by atoms with Gasteiger partial charge in [0, 0.05) is 12.1 Å². The molecule has 4 nitrogen and oxygen atoms in total. The SMILES string of the molecule is COC(=O)[C@@H]1CCC=C1C(=O)NCC1CCCCC1. The number of rotatable bonds is 4. The van der Waals surface area contributed by atoms with Crippen LogP contribution in [0.2, 0.25) is 0 Å². The molecule has 0 radical (unpaired) electrons. The van der Waals surface area contributed by atoms with Crippen molar-refractivity contribution in [2.75, 3.05) is 13.7 Å². The smallest absolute Gasteiger partial charge is 0.313 e. The van der Waals surface area contributed by atoms with Crippen molar-refractivity contribution in [3.8, 4) is 0 Å². The lowest BCUT2D eigenvalue weighted by Gasteiger charge is -2.22. The van der Waals surface area contributed by atoms with Gasteiger partial charge in [0.15, 0.2) is 0 Å². The molecule has 4 heteroatoms. The Morgan fingerprint density at radius 3 is 2.68 bits per heavy atom. The molecule has 0 bridgehead atoms. The van der Waals surface area contributed by atoms with Gasteiger partial charge in [0.25, 0.3) is 0 Å². The van der Waals surface area contributed by atoms with Crippen molar-refractivity contribution in [3.05, 3.63) is 11.6 Å². The van der Waals surface area contributed by atoms with E-state index in [1.165, 1.54) is 39.2 Å². The molecule has 19 heavy (non-hydrogen) atoms. The monoisotopic (exact) mass is 265 g/mol. The average Bonchev–Trinajstić information content (AvgIpc) is 2.94. The third kappa shape index (κ3) is 3.58. The van der Waals surface area contributed by atoms with Crippen molar-refractivity contribution in [2.24, 2.45) is 11.8 Å². The van der Waals surface area contributed by atoms with Crippen molar-refractivity contribution in [3.63, 3.8) is 0 Å². The first kappa shape index (κ1) is 14.1. The molecule has 1 saturated carbocycles. The van der Waals surface area contributed by atoms with Gasteiger partial charge in [-0.1, -0.05) is 25.3 Å². The van der Waals surface area contributed by atoms with E-state index in [-0.39, 0.29) is 17.8 Å². The van der Waals surface area contributed by atoms with Crippen molar-refractivity contribution >= 4 is 11.9 Å². The number of amides is 1. The Hall–Kier alpha value is -1.32. The number of carbonyl (C=O) groups is 2. The molecule has 0 aromatic rings. The van der Waals surface area contributed by atoms with Gasteiger partial charge in [-0.15, -0.1) is 0 Å². The molecule has 0 saturated heterocycles. The summed E-state index contributed by atoms with van der Waals surface area (Å²) in [6.07, 6.45) is 9.63. The maximum atomic E-state index is 12.1. The maximum absolute atomic E-state index is 12.1. The zero-order chi connectivity index (χ0) is 13.7. The van der Waals surface area contributed by atoms with E-state index in [4.69, 9.17) is 4.74 Å². The van der Waals surface area contributed by atoms with Crippen LogP contribution in [0.25, 0.3) is 0 Å². The Morgan fingerprint density at radius 1 is 1.26 bits per heavy atom. The van der Waals surface area contributed by atoms with Crippen LogP contribution in [-0.2, 0) is 14.3 Å². The van der Waals surface area contributed by atoms with E-state index in [0.29, 0.717) is 17.9 Å². The van der Waals surface area contributed by atoms with Crippen LogP contribution in [0.3, 0.4) is 0 Å². The molecule has 2 aliphatic rings. The molecule has 0 aromatic carbocycles. The minimum absolute atomic E-state index is 0.0847. The molecule has 1 atom stereocenters. The number of allylic oxidation sites excluding steroid dienone is 1. The summed E-state index contributed by atoms with van der Waals surface area (Å²) in [6, 6.07) is 0. The van der Waals surface area contributed by atoms with Crippen LogP contribution in [0.5, 0.6) is 0 Å². The van der Waals surface area contributed by atoms with Gasteiger partial charge in [0.1, 0.15) is 0 Å². The lowest BCUT2D eigenvalue weighted by atomic mass is 9.89. The molecular weight excluding hydrogens is 242 g/mol. The third-order valence-corrected chi connectivity index (χ3v) is 4.22. The fourth-order valence-electron chi connectivity index (χ4n) is 3.07. The summed E-state index contributed by atoms with van der Waals surface area (Å²) in [5, 5.41) is 2.99. The number of hydrogen-bond donors (Lipinski definition) is 1. The van der Waals surface area contributed by atoms with Crippen LogP contribution < -0.4 is 5.32 Å². The molecule has 1 fully saturated rings. The highest BCUT2D eigenvalue weighted by Gasteiger charge is 2.31. The number of esters is 1. The minimum atomic E-state index is -0.364. The zero-order valence-electron chi connectivity index (χ0n) is 11.6. The van der Waals surface area contributed by atoms with Gasteiger partial charge in [-0.25, -0.2) is 0 Å². The number of carbonyl (C=O) groups excluding carboxylic acids is 2. The van der Waals surface area contributed by atoms with Crippen LogP contribution in [0.4, 0.5) is 0 Å². The molecular formula is C15H23NO3. The molecule has 0 aliphatic heterocycles. The third-order valence-electron chi connectivity index (χ3n) is 4.22. The second kappa shape index (κ2) is 6.73. The van der Waals surface area contributed by atoms with Crippen molar-refractivity contribution in [1.82, 2.24) is 5.32 Å². The van der Waals surface area contributed by atoms with Gasteiger partial charge in [0.2, 0.25) is 5.91 Å². The van der Waals surface area contributed by atoms with Gasteiger partial charge in [-0.05, 0) is 31.6 Å². The van der Waals surface area contributed by atoms with Crippen LogP contribution in [0.15, 0.2) is 11.6 Å². The molecule has 0 unspecified atom stereocenters. The highest BCUT2D eigenvalue weighted by Crippen LogP contribution is 2.27. The Labute approximate surface area is 114 Å². The summed E-state index contributed by atoms with van der Waals surface area (Å²) in [4.78, 5) is 23.7. The van der Waals surface area contributed by atoms with E-state index in [2.05, 4.69) is 5.32 Å². The molecule has 1 N–H and O–H groups in total. The molecule has 2 rings (SSSR count). The topological polar surface area (TPSA) is 55.4 Å². The standard InChI is InChI=1S/C15H23NO3/c1-19-15(18)13-9-5-8-12(13)14(17)16-10-11-6-3-2-4-7-11/h8,11,13H,2-7,9-10H2,1H3,(H,16,17)/t13-/m1/s1. The fraction of sp³-hybridized carbons (Fsp3) is 0.733. The maximum Gasteiger partial charge on any atom is 0.313 e. The lowest BCUT2D eigenvalue weighted by molar-refractivity contribution is -0.144. The van der Waals surface area contributed by atoms with Crippen LogP contribution in [-0.4, -0.2) is 25.5 Å². The van der Waals surface area contributed by atoms with Gasteiger partial charge in [-0.2, -0.15) is 0 Å². The van der Waals surface area contributed by atoms with Gasteiger partial charge in [0.05, 0.1) is 13.0 Å². The van der Waals surface area contributed by atoms with E-state index in [1.807, 2.05) is 6.08 Å². The van der Waals surface area contributed by atoms with Crippen LogP contribution >= 0.6 is 0 Å². The predicted molar refractivity (Wildman–Crippen MR) is 72.4 cm³/mol. The van der Waals surface area contributed by atoms with Crippen molar-refractivity contribution < 1.29 is 14.3 Å². The van der Waals surface area contributed by atoms with Gasteiger partial charge < -0.3 is 10.1 Å². The van der Waals surface area contributed by atoms with E-state index in [0.717, 1.165) is 13.0 Å². The number of methoxy groups -OCH3 is 1. The van der Waals surface area contributed by atoms with E-state index in [1.54, 1.807) is 0 Å². The molecule has 106 valence electrons. The summed E-state index contributed by atoms with van der Waals surface area (Å²) in [5.74, 6) is -0.136. The fourth-order valence-corrected chi connectivity index (χ4v) is 3.07. The predicted octanol–water partition coefficient (Wildman–Crippen LogP) is 2.19. The quantitative estimate of drug-likeness (QED) is 0.793. The molecule has 0 heterocycles. The van der Waals surface area contributed by atoms with E-state index in [9.17, 15) is 9.59 Å². The Kier molecular flexibility index (Phi) is 5.00. The van der Waals surface area contributed by atoms with Crippen molar-refractivity contribution in [1.29, 1.82) is 0 Å². The van der Waals surface area contributed by atoms with Crippen molar-refractivity contribution in [2.45, 2.75) is 44.9 Å². The second-order valence-electron chi connectivity index (χ2n) is 5.53. The first-order chi connectivity index (χ1) is 9.22. The summed E-state index contributed by atoms with van der Waals surface area (Å²) < 4.78 is 4.75. The normalized spacial score (nSPS) is 23.8. The lowest BCUT2D eigenvalue weighted by Crippen LogP contribution is -2.34. The summed E-state index contributed by atoms with van der Waals surface area (Å²) in [5.41, 5.74) is 0.600. The molecule has 1 amide bonds. The molecule has 2 aliphatic carbocycles. The minimum Gasteiger partial charge on any atom is -0.469 e. The van der Waals surface area contributed by atoms with Crippen LogP contribution in [0.1, 0.15) is 44.9 Å². The van der Waals surface area contributed by atoms with Gasteiger partial charge >= 0.3 is 5.97 Å². The largest absolute Gasteiger partial charge is 0.469 e. The summed E-state index contributed by atoms with van der Waals surface area (Å²) >= 11 is 0. The first-order valence-electron chi connectivity index (χ1n) is 7.28. The summed E-state index contributed by atoms with van der Waals surface area (Å²) in [6.45, 7) is 0.740. The molecule has 0 aromatic heterocycles. The zero-order valence-corrected chi connectivity index (χ0v) is 11.6. The Balaban J connectivity index is 1.83. The number of hydrogen-bond acceptors (Lipinski definition) is 3.